The second-order valence-electron chi connectivity index (χ2n) is 6.65. The topological polar surface area (TPSA) is 83.8 Å². The molecule has 0 radical (unpaired) electrons. The number of hydrogen-bond donors (Lipinski definition) is 2. The molecule has 7 heteroatoms. The van der Waals surface area contributed by atoms with Gasteiger partial charge in [0.15, 0.2) is 0 Å². The summed E-state index contributed by atoms with van der Waals surface area (Å²) < 4.78 is 1.11. The summed E-state index contributed by atoms with van der Waals surface area (Å²) >= 11 is 1.64. The Labute approximate surface area is 150 Å². The first-order chi connectivity index (χ1) is 12.1. The maximum atomic E-state index is 9.38. The fourth-order valence-corrected chi connectivity index (χ4v) is 4.56. The molecule has 0 bridgehead atoms. The second kappa shape index (κ2) is 6.65. The first-order valence-electron chi connectivity index (χ1n) is 8.57. The molecule has 2 atom stereocenters. The van der Waals surface area contributed by atoms with Crippen LogP contribution in [0.2, 0.25) is 0 Å². The van der Waals surface area contributed by atoms with Gasteiger partial charge in [-0.15, -0.1) is 11.3 Å². The van der Waals surface area contributed by atoms with Gasteiger partial charge in [0, 0.05) is 18.8 Å². The number of fused-ring (bicyclic) bond motifs is 1. The van der Waals surface area contributed by atoms with Gasteiger partial charge in [0.25, 0.3) is 0 Å². The summed E-state index contributed by atoms with van der Waals surface area (Å²) in [4.78, 5) is 18.1. The van der Waals surface area contributed by atoms with E-state index in [1.807, 2.05) is 19.9 Å². The molecule has 1 fully saturated rings. The highest BCUT2D eigenvalue weighted by Gasteiger charge is 2.26. The first-order valence-corrected chi connectivity index (χ1v) is 9.39. The number of nitrogens with zero attached hydrogens (tertiary/aromatic N) is 4. The summed E-state index contributed by atoms with van der Waals surface area (Å²) in [6.07, 6.45) is 6.66. The number of aliphatic hydroxyl groups excluding tert-OH is 1. The molecule has 0 aliphatic heterocycles. The van der Waals surface area contributed by atoms with E-state index in [4.69, 9.17) is 4.98 Å². The largest absolute Gasteiger partial charge is 0.396 e. The van der Waals surface area contributed by atoms with Gasteiger partial charge in [-0.2, -0.15) is 0 Å². The fraction of sp³-hybridized carbons (Fsp3) is 0.444. The van der Waals surface area contributed by atoms with Crippen LogP contribution >= 0.6 is 11.3 Å². The van der Waals surface area contributed by atoms with E-state index in [0.717, 1.165) is 57.4 Å². The molecule has 0 spiro atoms. The number of pyridine rings is 1. The van der Waals surface area contributed by atoms with Crippen LogP contribution in [-0.4, -0.2) is 37.7 Å². The summed E-state index contributed by atoms with van der Waals surface area (Å²) in [6.45, 7) is 4.18. The first kappa shape index (κ1) is 16.4. The Balaban J connectivity index is 1.73. The van der Waals surface area contributed by atoms with Crippen molar-refractivity contribution in [2.75, 3.05) is 11.9 Å². The lowest BCUT2D eigenvalue weighted by Crippen LogP contribution is -2.18. The molecular formula is C18H21N5OS. The van der Waals surface area contributed by atoms with Crippen LogP contribution in [0.3, 0.4) is 0 Å². The number of aryl methyl sites for hydroxylation is 2. The van der Waals surface area contributed by atoms with Crippen molar-refractivity contribution >= 4 is 27.4 Å². The molecule has 0 saturated heterocycles. The fourth-order valence-electron chi connectivity index (χ4n) is 3.53. The predicted molar refractivity (Wildman–Crippen MR) is 99.8 cm³/mol. The maximum absolute atomic E-state index is 9.38. The molecule has 4 rings (SSSR count). The molecule has 130 valence electrons. The Bertz CT molecular complexity index is 877. The monoisotopic (exact) mass is 355 g/mol. The van der Waals surface area contributed by atoms with Crippen molar-refractivity contribution in [3.05, 3.63) is 30.0 Å². The van der Waals surface area contributed by atoms with Crippen LogP contribution in [0.4, 0.5) is 5.82 Å². The van der Waals surface area contributed by atoms with Crippen molar-refractivity contribution < 1.29 is 5.11 Å². The Morgan fingerprint density at radius 1 is 1.24 bits per heavy atom. The number of anilines is 1. The third-order valence-corrected chi connectivity index (χ3v) is 5.80. The average Bonchev–Trinajstić information content (AvgIpc) is 3.20. The van der Waals surface area contributed by atoms with Gasteiger partial charge in [-0.25, -0.2) is 15.0 Å². The van der Waals surface area contributed by atoms with Gasteiger partial charge in [-0.1, -0.05) is 0 Å². The van der Waals surface area contributed by atoms with Crippen LogP contribution in [0.25, 0.3) is 20.8 Å². The molecule has 1 aliphatic carbocycles. The average molecular weight is 355 g/mol. The van der Waals surface area contributed by atoms with E-state index in [1.165, 1.54) is 0 Å². The van der Waals surface area contributed by atoms with Crippen LogP contribution < -0.4 is 5.32 Å². The van der Waals surface area contributed by atoms with Crippen molar-refractivity contribution in [1.29, 1.82) is 0 Å². The Kier molecular flexibility index (Phi) is 4.35. The zero-order valence-corrected chi connectivity index (χ0v) is 15.2. The van der Waals surface area contributed by atoms with E-state index in [1.54, 1.807) is 23.7 Å². The normalized spacial score (nSPS) is 20.3. The van der Waals surface area contributed by atoms with Crippen molar-refractivity contribution in [3.63, 3.8) is 0 Å². The van der Waals surface area contributed by atoms with E-state index in [9.17, 15) is 5.11 Å². The molecule has 0 aromatic carbocycles. The standard InChI is InChI=1S/C18H21N5OS/c1-10-16(18-23-14-8-19-6-5-15(14)25-18)17(21-11(2)20-10)22-13-4-3-12(7-13)9-24/h5-6,8,12-13,24H,3-4,7,9H2,1-2H3,(H,20,21,22). The van der Waals surface area contributed by atoms with E-state index < -0.39 is 0 Å². The van der Waals surface area contributed by atoms with Crippen molar-refractivity contribution in [2.45, 2.75) is 39.2 Å². The molecule has 6 nitrogen and oxygen atoms in total. The number of aromatic nitrogens is 4. The van der Waals surface area contributed by atoms with Gasteiger partial charge in [-0.05, 0) is 45.1 Å². The number of hydrogen-bond acceptors (Lipinski definition) is 7. The highest BCUT2D eigenvalue weighted by Crippen LogP contribution is 2.37. The number of rotatable bonds is 4. The second-order valence-corrected chi connectivity index (χ2v) is 7.68. The summed E-state index contributed by atoms with van der Waals surface area (Å²) in [6, 6.07) is 2.32. The zero-order chi connectivity index (χ0) is 17.4. The molecule has 3 aromatic heterocycles. The van der Waals surface area contributed by atoms with Gasteiger partial charge in [0.05, 0.1) is 22.2 Å². The summed E-state index contributed by atoms with van der Waals surface area (Å²) in [5, 5.41) is 13.9. The zero-order valence-electron chi connectivity index (χ0n) is 14.4. The number of thiazole rings is 1. The van der Waals surface area contributed by atoms with Crippen molar-refractivity contribution in [1.82, 2.24) is 19.9 Å². The highest BCUT2D eigenvalue weighted by atomic mass is 32.1. The van der Waals surface area contributed by atoms with Crippen LogP contribution in [0.1, 0.15) is 30.8 Å². The van der Waals surface area contributed by atoms with Gasteiger partial charge in [0.2, 0.25) is 0 Å². The summed E-state index contributed by atoms with van der Waals surface area (Å²) in [5.74, 6) is 1.99. The third kappa shape index (κ3) is 3.21. The van der Waals surface area contributed by atoms with Crippen LogP contribution in [0.5, 0.6) is 0 Å². The van der Waals surface area contributed by atoms with Gasteiger partial charge in [-0.3, -0.25) is 4.98 Å². The Hall–Kier alpha value is -2.12. The molecule has 2 unspecified atom stereocenters. The molecule has 25 heavy (non-hydrogen) atoms. The minimum atomic E-state index is 0.262. The Morgan fingerprint density at radius 3 is 2.88 bits per heavy atom. The van der Waals surface area contributed by atoms with Crippen molar-refractivity contribution in [2.24, 2.45) is 5.92 Å². The van der Waals surface area contributed by atoms with Gasteiger partial charge >= 0.3 is 0 Å². The van der Waals surface area contributed by atoms with E-state index in [2.05, 4.69) is 20.3 Å². The molecule has 3 heterocycles. The smallest absolute Gasteiger partial charge is 0.140 e. The van der Waals surface area contributed by atoms with Crippen LogP contribution in [-0.2, 0) is 0 Å². The quantitative estimate of drug-likeness (QED) is 0.747. The highest BCUT2D eigenvalue weighted by molar-refractivity contribution is 7.21. The number of aliphatic hydroxyl groups is 1. The number of nitrogens with one attached hydrogen (secondary N) is 1. The summed E-state index contributed by atoms with van der Waals surface area (Å²) in [7, 11) is 0. The minimum absolute atomic E-state index is 0.262. The SMILES string of the molecule is Cc1nc(C)c(-c2nc3cnccc3s2)c(NC2CCC(CO)C2)n1. The van der Waals surface area contributed by atoms with Crippen molar-refractivity contribution in [3.8, 4) is 10.6 Å². The molecular weight excluding hydrogens is 334 g/mol. The van der Waals surface area contributed by atoms with E-state index >= 15 is 0 Å². The van der Waals surface area contributed by atoms with Gasteiger partial charge < -0.3 is 10.4 Å². The summed E-state index contributed by atoms with van der Waals surface area (Å²) in [5.41, 5.74) is 2.80. The maximum Gasteiger partial charge on any atom is 0.140 e. The van der Waals surface area contributed by atoms with Gasteiger partial charge in [0.1, 0.15) is 22.2 Å². The van der Waals surface area contributed by atoms with Crippen LogP contribution in [0, 0.1) is 19.8 Å². The molecule has 0 amide bonds. The lowest BCUT2D eigenvalue weighted by atomic mass is 10.1. The third-order valence-electron chi connectivity index (χ3n) is 4.75. The molecule has 1 saturated carbocycles. The Morgan fingerprint density at radius 2 is 2.12 bits per heavy atom. The lowest BCUT2D eigenvalue weighted by Gasteiger charge is -2.17. The predicted octanol–water partition coefficient (Wildman–Crippen LogP) is 3.34. The van der Waals surface area contributed by atoms with Crippen LogP contribution in [0.15, 0.2) is 18.5 Å². The molecule has 2 N–H and O–H groups in total. The minimum Gasteiger partial charge on any atom is -0.396 e. The molecule has 3 aromatic rings. The molecule has 1 aliphatic rings. The van der Waals surface area contributed by atoms with E-state index in [-0.39, 0.29) is 6.61 Å². The lowest BCUT2D eigenvalue weighted by molar-refractivity contribution is 0.229. The van der Waals surface area contributed by atoms with E-state index in [0.29, 0.717) is 12.0 Å².